The Morgan fingerprint density at radius 1 is 1.24 bits per heavy atom. The van der Waals surface area contributed by atoms with Crippen molar-refractivity contribution in [3.63, 3.8) is 0 Å². The van der Waals surface area contributed by atoms with Crippen LogP contribution in [-0.2, 0) is 0 Å². The van der Waals surface area contributed by atoms with Crippen molar-refractivity contribution in [2.45, 2.75) is 6.92 Å². The van der Waals surface area contributed by atoms with Crippen molar-refractivity contribution in [3.8, 4) is 0 Å². The number of primary amides is 1. The van der Waals surface area contributed by atoms with Gasteiger partial charge in [0.1, 0.15) is 0 Å². The van der Waals surface area contributed by atoms with Crippen LogP contribution in [0.25, 0.3) is 0 Å². The minimum Gasteiger partial charge on any atom is -0.366 e. The highest BCUT2D eigenvalue weighted by atomic mass is 127. The van der Waals surface area contributed by atoms with E-state index in [-0.39, 0.29) is 11.3 Å². The lowest BCUT2D eigenvalue weighted by Gasteiger charge is -2.12. The van der Waals surface area contributed by atoms with Gasteiger partial charge >= 0.3 is 0 Å². The second-order valence-electron chi connectivity index (χ2n) is 4.44. The highest BCUT2D eigenvalue weighted by Crippen LogP contribution is 2.27. The number of hydrogen-bond acceptors (Lipinski definition) is 4. The molecule has 1 amide bonds. The van der Waals surface area contributed by atoms with Crippen LogP contribution in [0.4, 0.5) is 17.1 Å². The zero-order valence-corrected chi connectivity index (χ0v) is 13.2. The zero-order valence-electron chi connectivity index (χ0n) is 11.1. The molecule has 0 saturated heterocycles. The predicted octanol–water partition coefficient (Wildman–Crippen LogP) is 3.35. The topological polar surface area (TPSA) is 98.3 Å². The van der Waals surface area contributed by atoms with Gasteiger partial charge in [0, 0.05) is 21.4 Å². The van der Waals surface area contributed by atoms with Gasteiger partial charge in [0.25, 0.3) is 11.6 Å². The highest BCUT2D eigenvalue weighted by molar-refractivity contribution is 14.1. The quantitative estimate of drug-likeness (QED) is 0.470. The molecule has 2 aromatic carbocycles. The molecule has 6 nitrogen and oxygen atoms in total. The van der Waals surface area contributed by atoms with Gasteiger partial charge in [-0.3, -0.25) is 14.9 Å². The van der Waals surface area contributed by atoms with Gasteiger partial charge in [0.2, 0.25) is 0 Å². The highest BCUT2D eigenvalue weighted by Gasteiger charge is 2.15. The van der Waals surface area contributed by atoms with Crippen molar-refractivity contribution in [2.75, 3.05) is 5.32 Å². The molecule has 0 radical (unpaired) electrons. The number of nitrogens with zero attached hydrogens (tertiary/aromatic N) is 1. The van der Waals surface area contributed by atoms with Gasteiger partial charge < -0.3 is 11.1 Å². The third kappa shape index (κ3) is 3.48. The monoisotopic (exact) mass is 397 g/mol. The van der Waals surface area contributed by atoms with Crippen LogP contribution in [0.3, 0.4) is 0 Å². The van der Waals surface area contributed by atoms with Gasteiger partial charge in [-0.1, -0.05) is 0 Å². The van der Waals surface area contributed by atoms with Crippen molar-refractivity contribution < 1.29 is 9.72 Å². The molecule has 3 N–H and O–H groups in total. The third-order valence-corrected chi connectivity index (χ3v) is 3.61. The molecule has 21 heavy (non-hydrogen) atoms. The summed E-state index contributed by atoms with van der Waals surface area (Å²) in [5, 5.41) is 13.9. The molecular formula is C14H12IN3O3. The summed E-state index contributed by atoms with van der Waals surface area (Å²) in [4.78, 5) is 21.7. The Morgan fingerprint density at radius 3 is 2.48 bits per heavy atom. The van der Waals surface area contributed by atoms with Crippen molar-refractivity contribution in [1.82, 2.24) is 0 Å². The van der Waals surface area contributed by atoms with Gasteiger partial charge in [-0.2, -0.15) is 0 Å². The first kappa shape index (κ1) is 15.2. The summed E-state index contributed by atoms with van der Waals surface area (Å²) >= 11 is 2.21. The predicted molar refractivity (Wildman–Crippen MR) is 88.8 cm³/mol. The molecule has 0 unspecified atom stereocenters. The molecule has 0 spiro atoms. The number of carbonyl (C=O) groups is 1. The number of halogens is 1. The summed E-state index contributed by atoms with van der Waals surface area (Å²) in [5.41, 5.74) is 7.46. The first-order valence-corrected chi connectivity index (χ1v) is 7.08. The average molecular weight is 397 g/mol. The molecular weight excluding hydrogens is 385 g/mol. The molecule has 2 rings (SSSR count). The first-order valence-electron chi connectivity index (χ1n) is 6.00. The van der Waals surface area contributed by atoms with Crippen LogP contribution in [0.2, 0.25) is 0 Å². The number of hydrogen-bond donors (Lipinski definition) is 2. The van der Waals surface area contributed by atoms with Gasteiger partial charge in [0.15, 0.2) is 0 Å². The van der Waals surface area contributed by atoms with E-state index in [0.29, 0.717) is 5.69 Å². The lowest BCUT2D eigenvalue weighted by atomic mass is 10.1. The smallest absolute Gasteiger partial charge is 0.270 e. The number of benzene rings is 2. The van der Waals surface area contributed by atoms with Crippen LogP contribution in [0.5, 0.6) is 0 Å². The van der Waals surface area contributed by atoms with E-state index in [1.165, 1.54) is 18.2 Å². The van der Waals surface area contributed by atoms with Crippen LogP contribution in [-0.4, -0.2) is 10.8 Å². The molecule has 0 saturated carbocycles. The summed E-state index contributed by atoms with van der Waals surface area (Å²) < 4.78 is 1.09. The Hall–Kier alpha value is -2.16. The fraction of sp³-hybridized carbons (Fsp3) is 0.0714. The standard InChI is InChI=1S/C14H12IN3O3/c1-8-6-9(15)2-4-12(8)17-13-5-3-10(18(20)21)7-11(13)14(16)19/h2-7,17H,1H3,(H2,16,19). The van der Waals surface area contributed by atoms with Gasteiger partial charge in [-0.25, -0.2) is 0 Å². The van der Waals surface area contributed by atoms with Crippen LogP contribution in [0.1, 0.15) is 15.9 Å². The van der Waals surface area contributed by atoms with Crippen molar-refractivity contribution >= 4 is 45.6 Å². The maximum Gasteiger partial charge on any atom is 0.270 e. The molecule has 0 atom stereocenters. The van der Waals surface area contributed by atoms with Crippen molar-refractivity contribution in [1.29, 1.82) is 0 Å². The Kier molecular flexibility index (Phi) is 4.41. The molecule has 0 aliphatic carbocycles. The maximum atomic E-state index is 11.5. The van der Waals surface area contributed by atoms with E-state index in [0.717, 1.165) is 14.8 Å². The molecule has 108 valence electrons. The number of amides is 1. The minimum absolute atomic E-state index is 0.0853. The maximum absolute atomic E-state index is 11.5. The Labute approximate surface area is 134 Å². The number of rotatable bonds is 4. The Bertz CT molecular complexity index is 731. The number of anilines is 2. The number of nitrogens with two attached hydrogens (primary N) is 1. The molecule has 7 heteroatoms. The van der Waals surface area contributed by atoms with E-state index in [4.69, 9.17) is 5.73 Å². The molecule has 0 aliphatic heterocycles. The molecule has 0 heterocycles. The SMILES string of the molecule is Cc1cc(I)ccc1Nc1ccc([N+](=O)[O-])cc1C(N)=O. The first-order chi connectivity index (χ1) is 9.88. The fourth-order valence-electron chi connectivity index (χ4n) is 1.87. The summed E-state index contributed by atoms with van der Waals surface area (Å²) in [6.07, 6.45) is 0. The number of non-ortho nitro benzene ring substituents is 1. The van der Waals surface area contributed by atoms with Crippen LogP contribution in [0.15, 0.2) is 36.4 Å². The normalized spacial score (nSPS) is 10.2. The number of nitro groups is 1. The largest absolute Gasteiger partial charge is 0.366 e. The second-order valence-corrected chi connectivity index (χ2v) is 5.68. The summed E-state index contributed by atoms with van der Waals surface area (Å²) in [5.74, 6) is -0.718. The number of carbonyl (C=O) groups excluding carboxylic acids is 1. The molecule has 0 aromatic heterocycles. The zero-order chi connectivity index (χ0) is 15.6. The van der Waals surface area contributed by atoms with Crippen LogP contribution < -0.4 is 11.1 Å². The fourth-order valence-corrected chi connectivity index (χ4v) is 2.52. The Morgan fingerprint density at radius 2 is 1.90 bits per heavy atom. The van der Waals surface area contributed by atoms with Crippen molar-refractivity contribution in [2.24, 2.45) is 5.73 Å². The minimum atomic E-state index is -0.718. The molecule has 0 fully saturated rings. The average Bonchev–Trinajstić information content (AvgIpc) is 2.41. The van der Waals surface area contributed by atoms with Gasteiger partial charge in [0.05, 0.1) is 16.2 Å². The van der Waals surface area contributed by atoms with Crippen LogP contribution >= 0.6 is 22.6 Å². The van der Waals surface area contributed by atoms with E-state index < -0.39 is 10.8 Å². The second kappa shape index (κ2) is 6.08. The van der Waals surface area contributed by atoms with Crippen LogP contribution in [0, 0.1) is 20.6 Å². The lowest BCUT2D eigenvalue weighted by molar-refractivity contribution is -0.384. The van der Waals surface area contributed by atoms with Gasteiger partial charge in [-0.05, 0) is 59.3 Å². The number of aryl methyl sites for hydroxylation is 1. The van der Waals surface area contributed by atoms with E-state index in [2.05, 4.69) is 27.9 Å². The van der Waals surface area contributed by atoms with E-state index in [9.17, 15) is 14.9 Å². The van der Waals surface area contributed by atoms with E-state index in [1.54, 1.807) is 0 Å². The summed E-state index contributed by atoms with van der Waals surface area (Å²) in [6.45, 7) is 1.93. The lowest BCUT2D eigenvalue weighted by Crippen LogP contribution is -2.14. The van der Waals surface area contributed by atoms with E-state index in [1.807, 2.05) is 25.1 Å². The number of nitro benzene ring substituents is 1. The molecule has 0 aliphatic rings. The molecule has 2 aromatic rings. The Balaban J connectivity index is 2.44. The number of nitrogens with one attached hydrogen (secondary N) is 1. The van der Waals surface area contributed by atoms with E-state index >= 15 is 0 Å². The summed E-state index contributed by atoms with van der Waals surface area (Å²) in [6, 6.07) is 9.77. The third-order valence-electron chi connectivity index (χ3n) is 2.94. The molecule has 0 bridgehead atoms. The van der Waals surface area contributed by atoms with Crippen molar-refractivity contribution in [3.05, 3.63) is 61.2 Å². The summed E-state index contributed by atoms with van der Waals surface area (Å²) in [7, 11) is 0. The van der Waals surface area contributed by atoms with Gasteiger partial charge in [-0.15, -0.1) is 0 Å².